The minimum Gasteiger partial charge on any atom is -0.341 e. The van der Waals surface area contributed by atoms with E-state index in [9.17, 15) is 4.79 Å². The quantitative estimate of drug-likeness (QED) is 0.762. The average Bonchev–Trinajstić information content (AvgIpc) is 2.89. The van der Waals surface area contributed by atoms with Crippen LogP contribution in [0.3, 0.4) is 0 Å². The maximum atomic E-state index is 12.2. The predicted molar refractivity (Wildman–Crippen MR) is 62.2 cm³/mol. The van der Waals surface area contributed by atoms with E-state index >= 15 is 0 Å². The summed E-state index contributed by atoms with van der Waals surface area (Å²) in [5, 5.41) is 0. The Labute approximate surface area is 96.3 Å². The molecule has 0 aromatic carbocycles. The van der Waals surface area contributed by atoms with Gasteiger partial charge in [-0.1, -0.05) is 0 Å². The van der Waals surface area contributed by atoms with Crippen molar-refractivity contribution in [1.29, 1.82) is 0 Å². The predicted octanol–water partition coefficient (Wildman–Crippen LogP) is 1.68. The summed E-state index contributed by atoms with van der Waals surface area (Å²) in [4.78, 5) is 18.4. The van der Waals surface area contributed by atoms with Crippen molar-refractivity contribution in [3.8, 4) is 0 Å². The zero-order valence-electron chi connectivity index (χ0n) is 10.2. The van der Waals surface area contributed by atoms with Crippen LogP contribution in [0.15, 0.2) is 6.33 Å². The maximum absolute atomic E-state index is 12.2. The van der Waals surface area contributed by atoms with Gasteiger partial charge in [0, 0.05) is 18.8 Å². The Morgan fingerprint density at radius 1 is 1.38 bits per heavy atom. The molecule has 16 heavy (non-hydrogen) atoms. The van der Waals surface area contributed by atoms with E-state index in [1.165, 1.54) is 0 Å². The Morgan fingerprint density at radius 3 is 2.50 bits per heavy atom. The topological polar surface area (TPSA) is 38.1 Å². The van der Waals surface area contributed by atoms with Crippen molar-refractivity contribution in [2.45, 2.75) is 39.7 Å². The first-order chi connectivity index (χ1) is 7.61. The number of amides is 1. The lowest BCUT2D eigenvalue weighted by molar-refractivity contribution is -0.133. The van der Waals surface area contributed by atoms with Gasteiger partial charge < -0.3 is 9.47 Å². The van der Waals surface area contributed by atoms with E-state index < -0.39 is 0 Å². The third kappa shape index (κ3) is 1.84. The molecule has 0 aliphatic carbocycles. The minimum atomic E-state index is -0.126. The Balaban J connectivity index is 2.15. The fourth-order valence-electron chi connectivity index (χ4n) is 2.23. The lowest BCUT2D eigenvalue weighted by Crippen LogP contribution is -2.34. The van der Waals surface area contributed by atoms with Gasteiger partial charge in [-0.05, 0) is 33.6 Å². The number of likely N-dealkylation sites (tertiary alicyclic amines) is 1. The highest BCUT2D eigenvalue weighted by atomic mass is 16.2. The van der Waals surface area contributed by atoms with Crippen LogP contribution < -0.4 is 0 Å². The minimum absolute atomic E-state index is 0.126. The van der Waals surface area contributed by atoms with Gasteiger partial charge in [-0.3, -0.25) is 4.79 Å². The van der Waals surface area contributed by atoms with Crippen molar-refractivity contribution in [2.75, 3.05) is 13.1 Å². The molecule has 1 aliphatic rings. The molecule has 4 heteroatoms. The molecule has 2 rings (SSSR count). The summed E-state index contributed by atoms with van der Waals surface area (Å²) in [6.07, 6.45) is 4.05. The normalized spacial score (nSPS) is 17.8. The second kappa shape index (κ2) is 4.28. The molecule has 1 atom stereocenters. The first kappa shape index (κ1) is 11.2. The highest BCUT2D eigenvalue weighted by molar-refractivity contribution is 5.80. The Bertz CT molecular complexity index is 391. The largest absolute Gasteiger partial charge is 0.341 e. The van der Waals surface area contributed by atoms with Crippen molar-refractivity contribution in [3.63, 3.8) is 0 Å². The zero-order valence-corrected chi connectivity index (χ0v) is 10.2. The number of hydrogen-bond acceptors (Lipinski definition) is 2. The number of nitrogens with zero attached hydrogens (tertiary/aromatic N) is 3. The van der Waals surface area contributed by atoms with E-state index in [0.29, 0.717) is 0 Å². The molecule has 0 N–H and O–H groups in total. The summed E-state index contributed by atoms with van der Waals surface area (Å²) < 4.78 is 1.97. The molecule has 0 radical (unpaired) electrons. The van der Waals surface area contributed by atoms with Crippen molar-refractivity contribution < 1.29 is 4.79 Å². The maximum Gasteiger partial charge on any atom is 0.245 e. The Kier molecular flexibility index (Phi) is 2.99. The van der Waals surface area contributed by atoms with Crippen molar-refractivity contribution in [1.82, 2.24) is 14.5 Å². The van der Waals surface area contributed by atoms with E-state index in [0.717, 1.165) is 37.3 Å². The van der Waals surface area contributed by atoms with Crippen molar-refractivity contribution in [3.05, 3.63) is 17.7 Å². The molecule has 1 fully saturated rings. The molecular formula is C12H19N3O. The van der Waals surface area contributed by atoms with Crippen molar-refractivity contribution in [2.24, 2.45) is 0 Å². The Hall–Kier alpha value is -1.32. The van der Waals surface area contributed by atoms with Gasteiger partial charge in [0.15, 0.2) is 0 Å². The summed E-state index contributed by atoms with van der Waals surface area (Å²) in [6, 6.07) is -0.126. The molecule has 4 nitrogen and oxygen atoms in total. The highest BCUT2D eigenvalue weighted by Gasteiger charge is 2.25. The van der Waals surface area contributed by atoms with Gasteiger partial charge in [0.2, 0.25) is 5.91 Å². The van der Waals surface area contributed by atoms with Crippen LogP contribution in [-0.2, 0) is 4.79 Å². The zero-order chi connectivity index (χ0) is 11.7. The number of aromatic nitrogens is 2. The second-order valence-electron chi connectivity index (χ2n) is 4.53. The lowest BCUT2D eigenvalue weighted by atomic mass is 10.2. The third-order valence-corrected chi connectivity index (χ3v) is 3.48. The summed E-state index contributed by atoms with van der Waals surface area (Å²) in [5.41, 5.74) is 2.08. The van der Waals surface area contributed by atoms with Gasteiger partial charge in [-0.25, -0.2) is 4.98 Å². The molecule has 1 aliphatic heterocycles. The van der Waals surface area contributed by atoms with Gasteiger partial charge in [0.05, 0.1) is 12.0 Å². The van der Waals surface area contributed by atoms with Crippen LogP contribution in [0.2, 0.25) is 0 Å². The lowest BCUT2D eigenvalue weighted by Gasteiger charge is -2.22. The van der Waals surface area contributed by atoms with Gasteiger partial charge in [-0.2, -0.15) is 0 Å². The van der Waals surface area contributed by atoms with Crippen LogP contribution >= 0.6 is 0 Å². The molecular weight excluding hydrogens is 202 g/mol. The molecule has 0 saturated carbocycles. The number of aryl methyl sites for hydroxylation is 1. The third-order valence-electron chi connectivity index (χ3n) is 3.48. The number of imidazole rings is 1. The van der Waals surface area contributed by atoms with Gasteiger partial charge in [0.25, 0.3) is 0 Å². The molecule has 0 spiro atoms. The molecule has 0 bridgehead atoms. The summed E-state index contributed by atoms with van der Waals surface area (Å²) in [6.45, 7) is 7.76. The van der Waals surface area contributed by atoms with Crippen LogP contribution in [0.1, 0.15) is 37.2 Å². The van der Waals surface area contributed by atoms with E-state index in [1.54, 1.807) is 6.33 Å². The smallest absolute Gasteiger partial charge is 0.245 e. The number of carbonyl (C=O) groups is 1. The number of carbonyl (C=O) groups excluding carboxylic acids is 1. The van der Waals surface area contributed by atoms with Gasteiger partial charge in [0.1, 0.15) is 6.04 Å². The fourth-order valence-corrected chi connectivity index (χ4v) is 2.23. The van der Waals surface area contributed by atoms with Gasteiger partial charge in [-0.15, -0.1) is 0 Å². The van der Waals surface area contributed by atoms with Crippen LogP contribution in [0.5, 0.6) is 0 Å². The average molecular weight is 221 g/mol. The van der Waals surface area contributed by atoms with Crippen molar-refractivity contribution >= 4 is 5.91 Å². The van der Waals surface area contributed by atoms with Crippen LogP contribution in [-0.4, -0.2) is 33.4 Å². The molecule has 88 valence electrons. The summed E-state index contributed by atoms with van der Waals surface area (Å²) in [7, 11) is 0. The standard InChI is InChI=1S/C12H19N3O/c1-9-10(2)15(8-13-9)11(3)12(16)14-6-4-5-7-14/h8,11H,4-7H2,1-3H3. The summed E-state index contributed by atoms with van der Waals surface area (Å²) in [5.74, 6) is 0.220. The first-order valence-electron chi connectivity index (χ1n) is 5.90. The molecule has 1 aromatic rings. The monoisotopic (exact) mass is 221 g/mol. The second-order valence-corrected chi connectivity index (χ2v) is 4.53. The van der Waals surface area contributed by atoms with E-state index in [1.807, 2.05) is 30.2 Å². The first-order valence-corrected chi connectivity index (χ1v) is 5.90. The van der Waals surface area contributed by atoms with Crippen LogP contribution in [0, 0.1) is 13.8 Å². The summed E-state index contributed by atoms with van der Waals surface area (Å²) >= 11 is 0. The highest BCUT2D eigenvalue weighted by Crippen LogP contribution is 2.18. The number of hydrogen-bond donors (Lipinski definition) is 0. The SMILES string of the molecule is Cc1ncn(C(C)C(=O)N2CCCC2)c1C. The van der Waals surface area contributed by atoms with Crippen LogP contribution in [0.4, 0.5) is 0 Å². The van der Waals surface area contributed by atoms with E-state index in [-0.39, 0.29) is 11.9 Å². The van der Waals surface area contributed by atoms with E-state index in [2.05, 4.69) is 4.98 Å². The molecule has 1 saturated heterocycles. The number of rotatable bonds is 2. The molecule has 1 aromatic heterocycles. The van der Waals surface area contributed by atoms with Gasteiger partial charge >= 0.3 is 0 Å². The molecule has 2 heterocycles. The fraction of sp³-hybridized carbons (Fsp3) is 0.667. The Morgan fingerprint density at radius 2 is 2.00 bits per heavy atom. The van der Waals surface area contributed by atoms with Crippen LogP contribution in [0.25, 0.3) is 0 Å². The van der Waals surface area contributed by atoms with E-state index in [4.69, 9.17) is 0 Å². The molecule has 1 unspecified atom stereocenters. The molecule has 1 amide bonds.